The lowest BCUT2D eigenvalue weighted by Crippen LogP contribution is -2.01. The minimum absolute atomic E-state index is 0.272. The molecule has 0 saturated heterocycles. The number of carbonyl (C=O) groups is 1. The van der Waals surface area contributed by atoms with E-state index in [1.165, 1.54) is 25.4 Å². The highest BCUT2D eigenvalue weighted by Gasteiger charge is 2.06. The summed E-state index contributed by atoms with van der Waals surface area (Å²) >= 11 is 0. The Balaban J connectivity index is 1.58. The maximum absolute atomic E-state index is 13.1. The summed E-state index contributed by atoms with van der Waals surface area (Å²) in [6, 6.07) is 16.4. The van der Waals surface area contributed by atoms with Gasteiger partial charge in [0.15, 0.2) is 0 Å². The second kappa shape index (κ2) is 8.11. The Labute approximate surface area is 150 Å². The molecule has 6 heteroatoms. The average Bonchev–Trinajstić information content (AvgIpc) is 2.67. The summed E-state index contributed by atoms with van der Waals surface area (Å²) in [4.78, 5) is 15.4. The minimum Gasteiger partial charge on any atom is -0.489 e. The highest BCUT2D eigenvalue weighted by Crippen LogP contribution is 2.23. The molecule has 0 amide bonds. The third-order valence-corrected chi connectivity index (χ3v) is 3.50. The maximum atomic E-state index is 13.1. The number of halogens is 1. The van der Waals surface area contributed by atoms with Gasteiger partial charge in [0, 0.05) is 12.3 Å². The second-order valence-electron chi connectivity index (χ2n) is 5.37. The van der Waals surface area contributed by atoms with Crippen molar-refractivity contribution in [1.82, 2.24) is 4.98 Å². The van der Waals surface area contributed by atoms with Gasteiger partial charge in [0.05, 0.1) is 12.7 Å². The monoisotopic (exact) mass is 353 g/mol. The molecule has 5 nitrogen and oxygen atoms in total. The predicted octanol–water partition coefficient (Wildman–Crippen LogP) is 4.38. The maximum Gasteiger partial charge on any atom is 0.339 e. The SMILES string of the molecule is COC(=O)c1ccc(Oc2ccc(OCc3cccc(F)c3)cc2)nc1. The van der Waals surface area contributed by atoms with Crippen molar-refractivity contribution < 1.29 is 23.4 Å². The fourth-order valence-corrected chi connectivity index (χ4v) is 2.20. The Morgan fingerprint density at radius 1 is 1.04 bits per heavy atom. The fraction of sp³-hybridized carbons (Fsp3) is 0.100. The Bertz CT molecular complexity index is 879. The van der Waals surface area contributed by atoms with Gasteiger partial charge < -0.3 is 14.2 Å². The van der Waals surface area contributed by atoms with Gasteiger partial charge in [-0.25, -0.2) is 14.2 Å². The number of benzene rings is 2. The van der Waals surface area contributed by atoms with Crippen molar-refractivity contribution in [1.29, 1.82) is 0 Å². The highest BCUT2D eigenvalue weighted by atomic mass is 19.1. The lowest BCUT2D eigenvalue weighted by atomic mass is 10.2. The molecule has 0 aliphatic rings. The van der Waals surface area contributed by atoms with E-state index >= 15 is 0 Å². The van der Waals surface area contributed by atoms with Crippen LogP contribution < -0.4 is 9.47 Å². The van der Waals surface area contributed by atoms with E-state index in [-0.39, 0.29) is 12.4 Å². The zero-order valence-corrected chi connectivity index (χ0v) is 14.0. The van der Waals surface area contributed by atoms with Gasteiger partial charge in [-0.15, -0.1) is 0 Å². The molecule has 0 atom stereocenters. The minimum atomic E-state index is -0.455. The molecule has 0 aliphatic carbocycles. The number of pyridine rings is 1. The van der Waals surface area contributed by atoms with Gasteiger partial charge >= 0.3 is 5.97 Å². The molecule has 0 aliphatic heterocycles. The largest absolute Gasteiger partial charge is 0.489 e. The smallest absolute Gasteiger partial charge is 0.339 e. The zero-order chi connectivity index (χ0) is 18.4. The van der Waals surface area contributed by atoms with Crippen LogP contribution in [0.15, 0.2) is 66.9 Å². The first-order valence-corrected chi connectivity index (χ1v) is 7.83. The van der Waals surface area contributed by atoms with Crippen molar-refractivity contribution >= 4 is 5.97 Å². The van der Waals surface area contributed by atoms with Crippen LogP contribution in [-0.2, 0) is 11.3 Å². The van der Waals surface area contributed by atoms with Gasteiger partial charge in [-0.2, -0.15) is 0 Å². The number of esters is 1. The van der Waals surface area contributed by atoms with Gasteiger partial charge in [-0.1, -0.05) is 12.1 Å². The van der Waals surface area contributed by atoms with E-state index in [0.29, 0.717) is 22.9 Å². The van der Waals surface area contributed by atoms with Crippen molar-refractivity contribution in [2.75, 3.05) is 7.11 Å². The molecular formula is C20H16FNO4. The Morgan fingerprint density at radius 3 is 2.46 bits per heavy atom. The lowest BCUT2D eigenvalue weighted by Gasteiger charge is -2.08. The number of hydrogen-bond donors (Lipinski definition) is 0. The molecule has 3 aromatic rings. The van der Waals surface area contributed by atoms with Crippen LogP contribution in [0.25, 0.3) is 0 Å². The first-order valence-electron chi connectivity index (χ1n) is 7.83. The van der Waals surface area contributed by atoms with Crippen LogP contribution in [0.2, 0.25) is 0 Å². The van der Waals surface area contributed by atoms with Crippen LogP contribution in [0.1, 0.15) is 15.9 Å². The molecule has 0 bridgehead atoms. The molecular weight excluding hydrogens is 337 g/mol. The number of rotatable bonds is 6. The van der Waals surface area contributed by atoms with Crippen LogP contribution in [0.5, 0.6) is 17.4 Å². The number of methoxy groups -OCH3 is 1. The zero-order valence-electron chi connectivity index (χ0n) is 14.0. The molecule has 0 spiro atoms. The lowest BCUT2D eigenvalue weighted by molar-refractivity contribution is 0.0600. The number of aromatic nitrogens is 1. The molecule has 0 unspecified atom stereocenters. The summed E-state index contributed by atoms with van der Waals surface area (Å²) < 4.78 is 29.0. The molecule has 1 aromatic heterocycles. The topological polar surface area (TPSA) is 57.7 Å². The Morgan fingerprint density at radius 2 is 1.81 bits per heavy atom. The van der Waals surface area contributed by atoms with Gasteiger partial charge in [-0.3, -0.25) is 0 Å². The van der Waals surface area contributed by atoms with E-state index in [1.807, 2.05) is 0 Å². The molecule has 0 radical (unpaired) electrons. The van der Waals surface area contributed by atoms with E-state index in [4.69, 9.17) is 9.47 Å². The van der Waals surface area contributed by atoms with Crippen LogP contribution >= 0.6 is 0 Å². The van der Waals surface area contributed by atoms with Crippen molar-refractivity contribution in [3.8, 4) is 17.4 Å². The first kappa shape index (κ1) is 17.4. The third-order valence-electron chi connectivity index (χ3n) is 3.50. The third kappa shape index (κ3) is 4.57. The van der Waals surface area contributed by atoms with Crippen molar-refractivity contribution in [3.63, 3.8) is 0 Å². The fourth-order valence-electron chi connectivity index (χ4n) is 2.20. The Kier molecular flexibility index (Phi) is 5.43. The number of ether oxygens (including phenoxy) is 3. The van der Waals surface area contributed by atoms with Crippen LogP contribution in [-0.4, -0.2) is 18.1 Å². The molecule has 0 saturated carbocycles. The summed E-state index contributed by atoms with van der Waals surface area (Å²) in [5, 5.41) is 0. The summed E-state index contributed by atoms with van der Waals surface area (Å²) in [7, 11) is 1.31. The van der Waals surface area contributed by atoms with Crippen molar-refractivity contribution in [2.24, 2.45) is 0 Å². The van der Waals surface area contributed by atoms with E-state index in [0.717, 1.165) is 5.56 Å². The van der Waals surface area contributed by atoms with Crippen LogP contribution in [0.3, 0.4) is 0 Å². The van der Waals surface area contributed by atoms with Gasteiger partial charge in [-0.05, 0) is 48.0 Å². The average molecular weight is 353 g/mol. The van der Waals surface area contributed by atoms with Crippen LogP contribution in [0.4, 0.5) is 4.39 Å². The molecule has 26 heavy (non-hydrogen) atoms. The quantitative estimate of drug-likeness (QED) is 0.616. The molecule has 0 fully saturated rings. The molecule has 132 valence electrons. The predicted molar refractivity (Wildman–Crippen MR) is 92.8 cm³/mol. The van der Waals surface area contributed by atoms with Crippen molar-refractivity contribution in [3.05, 3.63) is 83.8 Å². The van der Waals surface area contributed by atoms with Gasteiger partial charge in [0.25, 0.3) is 0 Å². The van der Waals surface area contributed by atoms with Crippen molar-refractivity contribution in [2.45, 2.75) is 6.61 Å². The summed E-state index contributed by atoms with van der Waals surface area (Å²) in [6.45, 7) is 0.272. The highest BCUT2D eigenvalue weighted by molar-refractivity contribution is 5.88. The number of nitrogens with zero attached hydrogens (tertiary/aromatic N) is 1. The van der Waals surface area contributed by atoms with Gasteiger partial charge in [0.1, 0.15) is 23.9 Å². The second-order valence-corrected chi connectivity index (χ2v) is 5.37. The normalized spacial score (nSPS) is 10.2. The summed E-state index contributed by atoms with van der Waals surface area (Å²) in [6.07, 6.45) is 1.39. The molecule has 1 heterocycles. The Hall–Kier alpha value is -3.41. The summed E-state index contributed by atoms with van der Waals surface area (Å²) in [5.41, 5.74) is 1.10. The van der Waals surface area contributed by atoms with E-state index in [1.54, 1.807) is 48.5 Å². The van der Waals surface area contributed by atoms with E-state index in [9.17, 15) is 9.18 Å². The summed E-state index contributed by atoms with van der Waals surface area (Å²) in [5.74, 6) is 0.813. The number of carbonyl (C=O) groups excluding carboxylic acids is 1. The number of hydrogen-bond acceptors (Lipinski definition) is 5. The van der Waals surface area contributed by atoms with Gasteiger partial charge in [0.2, 0.25) is 5.88 Å². The van der Waals surface area contributed by atoms with Crippen LogP contribution in [0, 0.1) is 5.82 Å². The van der Waals surface area contributed by atoms with E-state index < -0.39 is 5.97 Å². The molecule has 2 aromatic carbocycles. The first-order chi connectivity index (χ1) is 12.6. The standard InChI is InChI=1S/C20H16FNO4/c1-24-20(23)15-5-10-19(22-12-15)26-18-8-6-17(7-9-18)25-13-14-3-2-4-16(21)11-14/h2-12H,13H2,1H3. The molecule has 3 rings (SSSR count). The molecule has 0 N–H and O–H groups in total. The van der Waals surface area contributed by atoms with E-state index in [2.05, 4.69) is 9.72 Å².